The number of carbonyl (C=O) groups excluding carboxylic acids is 2. The van der Waals surface area contributed by atoms with Crippen LogP contribution in [0.5, 0.6) is 11.5 Å². The molecule has 0 spiro atoms. The fourth-order valence-corrected chi connectivity index (χ4v) is 3.12. The number of nitrogens with zero attached hydrogens (tertiary/aromatic N) is 1. The molecule has 9 heteroatoms. The summed E-state index contributed by atoms with van der Waals surface area (Å²) in [5.74, 6) is -0.744. The third-order valence-corrected chi connectivity index (χ3v) is 4.98. The van der Waals surface area contributed by atoms with E-state index in [0.717, 1.165) is 10.0 Å². The van der Waals surface area contributed by atoms with E-state index >= 15 is 0 Å². The number of benzene rings is 3. The molecule has 3 aromatic rings. The topological polar surface area (TPSA) is 89.0 Å². The van der Waals surface area contributed by atoms with E-state index < -0.39 is 24.1 Å². The third kappa shape index (κ3) is 7.70. The van der Waals surface area contributed by atoms with Crippen LogP contribution in [0, 0.1) is 5.82 Å². The van der Waals surface area contributed by atoms with Gasteiger partial charge in [-0.15, -0.1) is 0 Å². The summed E-state index contributed by atoms with van der Waals surface area (Å²) < 4.78 is 26.1. The van der Waals surface area contributed by atoms with E-state index in [1.54, 1.807) is 24.3 Å². The molecule has 2 N–H and O–H groups in total. The number of amides is 2. The number of ether oxygens (including phenoxy) is 2. The van der Waals surface area contributed by atoms with E-state index in [9.17, 15) is 14.0 Å². The molecular formula is C25H23BrFN3O4. The monoisotopic (exact) mass is 527 g/mol. The van der Waals surface area contributed by atoms with Gasteiger partial charge in [0.05, 0.1) is 18.5 Å². The Hall–Kier alpha value is -3.72. The highest BCUT2D eigenvalue weighted by Crippen LogP contribution is 2.29. The number of carbonyl (C=O) groups is 2. The fourth-order valence-electron chi connectivity index (χ4n) is 2.86. The first-order chi connectivity index (χ1) is 16.4. The van der Waals surface area contributed by atoms with Crippen molar-refractivity contribution in [3.63, 3.8) is 0 Å². The van der Waals surface area contributed by atoms with Gasteiger partial charge in [0.15, 0.2) is 11.5 Å². The Balaban J connectivity index is 1.54. The Kier molecular flexibility index (Phi) is 9.16. The van der Waals surface area contributed by atoms with Crippen molar-refractivity contribution < 1.29 is 23.5 Å². The van der Waals surface area contributed by atoms with E-state index in [1.807, 2.05) is 31.2 Å². The average Bonchev–Trinajstić information content (AvgIpc) is 2.81. The van der Waals surface area contributed by atoms with Crippen LogP contribution >= 0.6 is 15.9 Å². The molecule has 7 nitrogen and oxygen atoms in total. The van der Waals surface area contributed by atoms with Gasteiger partial charge in [0.1, 0.15) is 18.8 Å². The summed E-state index contributed by atoms with van der Waals surface area (Å²) in [5.41, 5.74) is 3.96. The predicted molar refractivity (Wildman–Crippen MR) is 131 cm³/mol. The molecule has 0 unspecified atom stereocenters. The summed E-state index contributed by atoms with van der Waals surface area (Å²) in [5, 5.41) is 6.22. The lowest BCUT2D eigenvalue weighted by Gasteiger charge is -2.12. The summed E-state index contributed by atoms with van der Waals surface area (Å²) in [4.78, 5) is 23.9. The average molecular weight is 528 g/mol. The van der Waals surface area contributed by atoms with E-state index in [0.29, 0.717) is 30.3 Å². The van der Waals surface area contributed by atoms with E-state index in [-0.39, 0.29) is 5.69 Å². The first-order valence-electron chi connectivity index (χ1n) is 10.4. The van der Waals surface area contributed by atoms with Gasteiger partial charge < -0.3 is 14.8 Å². The van der Waals surface area contributed by atoms with Crippen LogP contribution in [0.25, 0.3) is 0 Å². The van der Waals surface area contributed by atoms with Gasteiger partial charge in [-0.3, -0.25) is 9.59 Å². The molecule has 0 aromatic heterocycles. The summed E-state index contributed by atoms with van der Waals surface area (Å²) in [6.45, 7) is 2.70. The van der Waals surface area contributed by atoms with Gasteiger partial charge in [-0.25, -0.2) is 9.82 Å². The Labute approximate surface area is 205 Å². The molecule has 0 saturated heterocycles. The molecule has 3 rings (SSSR count). The van der Waals surface area contributed by atoms with Gasteiger partial charge in [-0.2, -0.15) is 5.10 Å². The normalized spacial score (nSPS) is 10.7. The second-order valence-corrected chi connectivity index (χ2v) is 7.97. The number of nitrogens with one attached hydrogen (secondary N) is 2. The number of hydrogen-bond acceptors (Lipinski definition) is 5. The Morgan fingerprint density at radius 1 is 1.00 bits per heavy atom. The standard InChI is InChI=1S/C25H23BrFN3O4/c1-2-33-23-13-18(9-12-22(23)34-16-17-7-10-19(26)11-8-17)15-28-30-25(32)14-24(31)29-21-6-4-3-5-20(21)27/h3-13,15H,2,14,16H2,1H3,(H,29,31)(H,30,32). The lowest BCUT2D eigenvalue weighted by atomic mass is 10.2. The Bertz CT molecular complexity index is 1170. The molecule has 0 fully saturated rings. The van der Waals surface area contributed by atoms with Crippen LogP contribution < -0.4 is 20.2 Å². The van der Waals surface area contributed by atoms with Gasteiger partial charge in [-0.1, -0.05) is 40.2 Å². The van der Waals surface area contributed by atoms with E-state index in [1.165, 1.54) is 24.4 Å². The van der Waals surface area contributed by atoms with Gasteiger partial charge in [-0.05, 0) is 60.5 Å². The lowest BCUT2D eigenvalue weighted by molar-refractivity contribution is -0.126. The van der Waals surface area contributed by atoms with Crippen LogP contribution in [-0.2, 0) is 16.2 Å². The largest absolute Gasteiger partial charge is 0.490 e. The zero-order valence-corrected chi connectivity index (χ0v) is 20.0. The highest BCUT2D eigenvalue weighted by molar-refractivity contribution is 9.10. The second kappa shape index (κ2) is 12.5. The molecule has 0 saturated carbocycles. The maximum absolute atomic E-state index is 13.6. The molecule has 0 aliphatic rings. The number of hydrazone groups is 1. The maximum atomic E-state index is 13.6. The number of rotatable bonds is 10. The molecule has 0 aliphatic heterocycles. The van der Waals surface area contributed by atoms with Crippen LogP contribution in [0.1, 0.15) is 24.5 Å². The summed E-state index contributed by atoms with van der Waals surface area (Å²) in [6, 6.07) is 18.8. The van der Waals surface area contributed by atoms with Crippen LogP contribution in [0.2, 0.25) is 0 Å². The van der Waals surface area contributed by atoms with Crippen molar-refractivity contribution in [1.82, 2.24) is 5.43 Å². The third-order valence-electron chi connectivity index (χ3n) is 4.45. The minimum atomic E-state index is -0.649. The number of halogens is 2. The quantitative estimate of drug-likeness (QED) is 0.219. The van der Waals surface area contributed by atoms with Crippen molar-refractivity contribution in [2.75, 3.05) is 11.9 Å². The van der Waals surface area contributed by atoms with E-state index in [2.05, 4.69) is 31.8 Å². The molecular weight excluding hydrogens is 505 g/mol. The molecule has 34 heavy (non-hydrogen) atoms. The molecule has 0 bridgehead atoms. The molecule has 0 heterocycles. The zero-order valence-electron chi connectivity index (χ0n) is 18.4. The lowest BCUT2D eigenvalue weighted by Crippen LogP contribution is -2.24. The minimum Gasteiger partial charge on any atom is -0.490 e. The smallest absolute Gasteiger partial charge is 0.249 e. The van der Waals surface area contributed by atoms with Crippen molar-refractivity contribution in [3.8, 4) is 11.5 Å². The second-order valence-electron chi connectivity index (χ2n) is 7.05. The minimum absolute atomic E-state index is 0.00898. The van der Waals surface area contributed by atoms with Crippen molar-refractivity contribution in [1.29, 1.82) is 0 Å². The van der Waals surface area contributed by atoms with Crippen LogP contribution in [0.15, 0.2) is 76.3 Å². The summed E-state index contributed by atoms with van der Waals surface area (Å²) >= 11 is 3.41. The number of hydrogen-bond donors (Lipinski definition) is 2. The molecule has 176 valence electrons. The van der Waals surface area contributed by atoms with Crippen LogP contribution in [0.4, 0.5) is 10.1 Å². The number of anilines is 1. The summed E-state index contributed by atoms with van der Waals surface area (Å²) in [7, 11) is 0. The molecule has 3 aromatic carbocycles. The first-order valence-corrected chi connectivity index (χ1v) is 11.2. The van der Waals surface area contributed by atoms with Crippen molar-refractivity contribution in [2.24, 2.45) is 5.10 Å². The molecule has 0 aliphatic carbocycles. The van der Waals surface area contributed by atoms with Crippen molar-refractivity contribution in [3.05, 3.63) is 88.1 Å². The molecule has 0 atom stereocenters. The highest BCUT2D eigenvalue weighted by Gasteiger charge is 2.11. The van der Waals surface area contributed by atoms with Crippen molar-refractivity contribution >= 4 is 39.6 Å². The van der Waals surface area contributed by atoms with Gasteiger partial charge in [0.2, 0.25) is 11.8 Å². The summed E-state index contributed by atoms with van der Waals surface area (Å²) in [6.07, 6.45) is 0.923. The number of para-hydroxylation sites is 1. The fraction of sp³-hybridized carbons (Fsp3) is 0.160. The van der Waals surface area contributed by atoms with Gasteiger partial charge >= 0.3 is 0 Å². The van der Waals surface area contributed by atoms with Gasteiger partial charge in [0.25, 0.3) is 0 Å². The Morgan fingerprint density at radius 3 is 2.50 bits per heavy atom. The maximum Gasteiger partial charge on any atom is 0.249 e. The van der Waals surface area contributed by atoms with Crippen LogP contribution in [-0.4, -0.2) is 24.6 Å². The zero-order chi connectivity index (χ0) is 24.3. The SMILES string of the molecule is CCOc1cc(C=NNC(=O)CC(=O)Nc2ccccc2F)ccc1OCc1ccc(Br)cc1. The van der Waals surface area contributed by atoms with Crippen LogP contribution in [0.3, 0.4) is 0 Å². The highest BCUT2D eigenvalue weighted by atomic mass is 79.9. The van der Waals surface area contributed by atoms with E-state index in [4.69, 9.17) is 9.47 Å². The molecule has 2 amide bonds. The molecule has 0 radical (unpaired) electrons. The van der Waals surface area contributed by atoms with Crippen molar-refractivity contribution in [2.45, 2.75) is 20.0 Å². The predicted octanol–water partition coefficient (Wildman–Crippen LogP) is 5.04. The van der Waals surface area contributed by atoms with Gasteiger partial charge in [0, 0.05) is 4.47 Å². The first kappa shape index (κ1) is 24.9. The Morgan fingerprint density at radius 2 is 1.76 bits per heavy atom.